The second kappa shape index (κ2) is 5.15. The van der Waals surface area contributed by atoms with Crippen LogP contribution in [0.5, 0.6) is 0 Å². The van der Waals surface area contributed by atoms with Gasteiger partial charge < -0.3 is 9.47 Å². The molecule has 2 aliphatic heterocycles. The van der Waals surface area contributed by atoms with Crippen molar-refractivity contribution in [3.63, 3.8) is 0 Å². The second-order valence-electron chi connectivity index (χ2n) is 4.91. The highest BCUT2D eigenvalue weighted by molar-refractivity contribution is 4.94. The summed E-state index contributed by atoms with van der Waals surface area (Å²) in [7, 11) is 0. The van der Waals surface area contributed by atoms with Crippen LogP contribution in [0.3, 0.4) is 0 Å². The van der Waals surface area contributed by atoms with Gasteiger partial charge in [-0.15, -0.1) is 0 Å². The summed E-state index contributed by atoms with van der Waals surface area (Å²) >= 11 is 0. The molecule has 0 saturated carbocycles. The van der Waals surface area contributed by atoms with Gasteiger partial charge in [0, 0.05) is 38.3 Å². The number of aromatic nitrogens is 2. The molecular weight excluding hydrogens is 256 g/mol. The average molecular weight is 273 g/mol. The number of nitrogens with zero attached hydrogens (tertiary/aromatic N) is 3. The van der Waals surface area contributed by atoms with E-state index in [-0.39, 0.29) is 0 Å². The lowest BCUT2D eigenvalue weighted by molar-refractivity contribution is -0.186. The summed E-state index contributed by atoms with van der Waals surface area (Å²) in [5, 5.41) is 0. The van der Waals surface area contributed by atoms with Gasteiger partial charge in [0.1, 0.15) is 5.82 Å². The minimum Gasteiger partial charge on any atom is -0.347 e. The molecule has 0 unspecified atom stereocenters. The summed E-state index contributed by atoms with van der Waals surface area (Å²) in [5.74, 6) is -0.0199. The fourth-order valence-electron chi connectivity index (χ4n) is 2.68. The summed E-state index contributed by atoms with van der Waals surface area (Å²) in [6.45, 7) is 0.751. The molecule has 7 heteroatoms. The Morgan fingerprint density at radius 1 is 1.26 bits per heavy atom. The first-order chi connectivity index (χ1) is 9.19. The lowest BCUT2D eigenvalue weighted by Crippen LogP contribution is -2.45. The standard InChI is InChI=1S/C12H17F2N3O2/c13-11(14)17-6-3-15-10(17)9-16-4-1-12(2-5-16)18-7-8-19-12/h3,6,11H,1-2,4-5,7-9H2. The first-order valence-corrected chi connectivity index (χ1v) is 6.49. The minimum absolute atomic E-state index is 0.402. The van der Waals surface area contributed by atoms with Crippen molar-refractivity contribution in [3.8, 4) is 0 Å². The van der Waals surface area contributed by atoms with E-state index in [4.69, 9.17) is 9.47 Å². The predicted octanol–water partition coefficient (Wildman–Crippen LogP) is 1.62. The molecule has 2 fully saturated rings. The first kappa shape index (κ1) is 13.0. The zero-order valence-electron chi connectivity index (χ0n) is 10.6. The van der Waals surface area contributed by atoms with Gasteiger partial charge in [0.05, 0.1) is 19.8 Å². The Morgan fingerprint density at radius 3 is 2.58 bits per heavy atom. The van der Waals surface area contributed by atoms with Crippen LogP contribution < -0.4 is 0 Å². The highest BCUT2D eigenvalue weighted by atomic mass is 19.3. The number of ether oxygens (including phenoxy) is 2. The third-order valence-electron chi connectivity index (χ3n) is 3.76. The molecule has 0 atom stereocenters. The topological polar surface area (TPSA) is 39.5 Å². The Hall–Kier alpha value is -1.05. The zero-order chi connectivity index (χ0) is 13.3. The van der Waals surface area contributed by atoms with Crippen LogP contribution in [-0.4, -0.2) is 46.5 Å². The van der Waals surface area contributed by atoms with Gasteiger partial charge in [-0.05, 0) is 0 Å². The minimum atomic E-state index is -2.53. The molecular formula is C12H17F2N3O2. The molecule has 3 heterocycles. The number of imidazole rings is 1. The molecule has 0 bridgehead atoms. The number of likely N-dealkylation sites (tertiary alicyclic amines) is 1. The SMILES string of the molecule is FC(F)n1ccnc1CN1CCC2(CC1)OCCO2. The zero-order valence-corrected chi connectivity index (χ0v) is 10.6. The Labute approximate surface area is 110 Å². The van der Waals surface area contributed by atoms with Gasteiger partial charge in [-0.25, -0.2) is 4.98 Å². The quantitative estimate of drug-likeness (QED) is 0.839. The van der Waals surface area contributed by atoms with Crippen molar-refractivity contribution in [2.24, 2.45) is 0 Å². The van der Waals surface area contributed by atoms with E-state index >= 15 is 0 Å². The van der Waals surface area contributed by atoms with Crippen LogP contribution in [0.25, 0.3) is 0 Å². The fourth-order valence-corrected chi connectivity index (χ4v) is 2.68. The summed E-state index contributed by atoms with van der Waals surface area (Å²) in [6.07, 6.45) is 4.29. The summed E-state index contributed by atoms with van der Waals surface area (Å²) in [4.78, 5) is 6.11. The highest BCUT2D eigenvalue weighted by Crippen LogP contribution is 2.31. The predicted molar refractivity (Wildman–Crippen MR) is 62.6 cm³/mol. The lowest BCUT2D eigenvalue weighted by Gasteiger charge is -2.37. The van der Waals surface area contributed by atoms with E-state index < -0.39 is 12.3 Å². The number of rotatable bonds is 3. The Kier molecular flexibility index (Phi) is 3.51. The molecule has 1 aromatic heterocycles. The Bertz CT molecular complexity index is 422. The van der Waals surface area contributed by atoms with Crippen molar-refractivity contribution >= 4 is 0 Å². The molecule has 0 amide bonds. The van der Waals surface area contributed by atoms with Crippen LogP contribution in [0.1, 0.15) is 25.2 Å². The van der Waals surface area contributed by atoms with Gasteiger partial charge in [0.25, 0.3) is 0 Å². The maximum Gasteiger partial charge on any atom is 0.319 e. The van der Waals surface area contributed by atoms with Gasteiger partial charge >= 0.3 is 6.55 Å². The van der Waals surface area contributed by atoms with Crippen molar-refractivity contribution in [1.82, 2.24) is 14.5 Å². The number of halogens is 2. The van der Waals surface area contributed by atoms with Gasteiger partial charge in [0.15, 0.2) is 5.79 Å². The second-order valence-corrected chi connectivity index (χ2v) is 4.91. The third-order valence-corrected chi connectivity index (χ3v) is 3.76. The molecule has 2 aliphatic rings. The van der Waals surface area contributed by atoms with Crippen molar-refractivity contribution in [2.45, 2.75) is 31.7 Å². The maximum absolute atomic E-state index is 12.7. The summed E-state index contributed by atoms with van der Waals surface area (Å²) in [6, 6.07) is 0. The van der Waals surface area contributed by atoms with E-state index in [0.717, 1.165) is 30.5 Å². The molecule has 19 heavy (non-hydrogen) atoms. The molecule has 0 radical (unpaired) electrons. The molecule has 0 aromatic carbocycles. The molecule has 3 rings (SSSR count). The summed E-state index contributed by atoms with van der Waals surface area (Å²) < 4.78 is 37.6. The van der Waals surface area contributed by atoms with Crippen LogP contribution in [0.15, 0.2) is 12.4 Å². The number of piperidine rings is 1. The molecule has 5 nitrogen and oxygen atoms in total. The van der Waals surface area contributed by atoms with Gasteiger partial charge in [0.2, 0.25) is 0 Å². The van der Waals surface area contributed by atoms with E-state index in [0.29, 0.717) is 25.6 Å². The lowest BCUT2D eigenvalue weighted by atomic mass is 10.0. The van der Waals surface area contributed by atoms with Crippen LogP contribution in [-0.2, 0) is 16.0 Å². The highest BCUT2D eigenvalue weighted by Gasteiger charge is 2.39. The molecule has 1 aromatic rings. The van der Waals surface area contributed by atoms with Crippen LogP contribution in [0, 0.1) is 0 Å². The van der Waals surface area contributed by atoms with Crippen molar-refractivity contribution in [3.05, 3.63) is 18.2 Å². The van der Waals surface area contributed by atoms with Crippen molar-refractivity contribution < 1.29 is 18.3 Å². The molecule has 0 aliphatic carbocycles. The van der Waals surface area contributed by atoms with Crippen LogP contribution >= 0.6 is 0 Å². The fraction of sp³-hybridized carbons (Fsp3) is 0.750. The largest absolute Gasteiger partial charge is 0.347 e. The van der Waals surface area contributed by atoms with Crippen LogP contribution in [0.4, 0.5) is 8.78 Å². The van der Waals surface area contributed by atoms with Gasteiger partial charge in [-0.1, -0.05) is 0 Å². The van der Waals surface area contributed by atoms with E-state index in [1.165, 1.54) is 12.4 Å². The Balaban J connectivity index is 1.58. The molecule has 106 valence electrons. The van der Waals surface area contributed by atoms with E-state index in [1.807, 2.05) is 0 Å². The molecule has 1 spiro atoms. The molecule has 2 saturated heterocycles. The average Bonchev–Trinajstić information content (AvgIpc) is 3.02. The van der Waals surface area contributed by atoms with Gasteiger partial charge in [-0.3, -0.25) is 9.47 Å². The van der Waals surface area contributed by atoms with Gasteiger partial charge in [-0.2, -0.15) is 8.78 Å². The van der Waals surface area contributed by atoms with E-state index in [9.17, 15) is 8.78 Å². The van der Waals surface area contributed by atoms with Crippen molar-refractivity contribution in [1.29, 1.82) is 0 Å². The smallest absolute Gasteiger partial charge is 0.319 e. The van der Waals surface area contributed by atoms with E-state index in [1.54, 1.807) is 0 Å². The third kappa shape index (κ3) is 2.63. The molecule has 0 N–H and O–H groups in total. The normalized spacial score (nSPS) is 23.5. The van der Waals surface area contributed by atoms with E-state index in [2.05, 4.69) is 9.88 Å². The Morgan fingerprint density at radius 2 is 1.95 bits per heavy atom. The number of hydrogen-bond donors (Lipinski definition) is 0. The number of alkyl halides is 2. The van der Waals surface area contributed by atoms with Crippen LogP contribution in [0.2, 0.25) is 0 Å². The summed E-state index contributed by atoms with van der Waals surface area (Å²) in [5.41, 5.74) is 0. The maximum atomic E-state index is 12.7. The monoisotopic (exact) mass is 273 g/mol. The number of hydrogen-bond acceptors (Lipinski definition) is 4. The first-order valence-electron chi connectivity index (χ1n) is 6.49. The van der Waals surface area contributed by atoms with Crippen molar-refractivity contribution in [2.75, 3.05) is 26.3 Å².